The van der Waals surface area contributed by atoms with Crippen LogP contribution >= 0.6 is 0 Å². The molecule has 1 heterocycles. The summed E-state index contributed by atoms with van der Waals surface area (Å²) >= 11 is 0. The minimum absolute atomic E-state index is 0.380. The van der Waals surface area contributed by atoms with Gasteiger partial charge in [0.1, 0.15) is 0 Å². The third kappa shape index (κ3) is 3.88. The Labute approximate surface area is 127 Å². The van der Waals surface area contributed by atoms with E-state index in [0.29, 0.717) is 16.8 Å². The lowest BCUT2D eigenvalue weighted by Crippen LogP contribution is -2.13. The van der Waals surface area contributed by atoms with Gasteiger partial charge in [-0.1, -0.05) is 32.1 Å². The topological polar surface area (TPSA) is 58.1 Å². The molecule has 1 aromatic carbocycles. The van der Waals surface area contributed by atoms with Crippen LogP contribution in [0.5, 0.6) is 0 Å². The molecule has 0 radical (unpaired) electrons. The number of aliphatic imine (C=N–C) groups is 1. The Bertz CT molecular complexity index is 680. The number of aromatic amines is 1. The van der Waals surface area contributed by atoms with Crippen molar-refractivity contribution in [1.82, 2.24) is 9.97 Å². The Morgan fingerprint density at radius 2 is 2.14 bits per heavy atom. The first-order chi connectivity index (χ1) is 10.0. The molecule has 2 aromatic rings. The zero-order valence-corrected chi connectivity index (χ0v) is 13.7. The fourth-order valence-corrected chi connectivity index (χ4v) is 3.35. The Balaban J connectivity index is 2.20. The largest absolute Gasteiger partial charge is 0.331 e. The molecular formula is C16H21N3OS. The van der Waals surface area contributed by atoms with Crippen molar-refractivity contribution < 1.29 is 4.21 Å². The van der Waals surface area contributed by atoms with Gasteiger partial charge in [0.25, 0.3) is 0 Å². The van der Waals surface area contributed by atoms with E-state index in [1.165, 1.54) is 0 Å². The average Bonchev–Trinajstić information content (AvgIpc) is 2.87. The molecule has 0 aliphatic rings. The zero-order valence-electron chi connectivity index (χ0n) is 12.9. The van der Waals surface area contributed by atoms with Crippen LogP contribution in [0.3, 0.4) is 0 Å². The number of aromatic nitrogens is 2. The molecule has 2 rings (SSSR count). The Kier molecular flexibility index (Phi) is 5.07. The van der Waals surface area contributed by atoms with Crippen LogP contribution in [0.2, 0.25) is 0 Å². The molecule has 0 amide bonds. The van der Waals surface area contributed by atoms with E-state index >= 15 is 0 Å². The third-order valence-corrected chi connectivity index (χ3v) is 4.32. The van der Waals surface area contributed by atoms with Crippen LogP contribution in [0.4, 0.5) is 0 Å². The van der Waals surface area contributed by atoms with Crippen LogP contribution in [-0.4, -0.2) is 32.7 Å². The summed E-state index contributed by atoms with van der Waals surface area (Å²) < 4.78 is 12.5. The van der Waals surface area contributed by atoms with E-state index in [-0.39, 0.29) is 0 Å². The van der Waals surface area contributed by atoms with Gasteiger partial charge in [0.2, 0.25) is 0 Å². The molecule has 4 nitrogen and oxygen atoms in total. The zero-order chi connectivity index (χ0) is 15.4. The van der Waals surface area contributed by atoms with Gasteiger partial charge in [-0.3, -0.25) is 9.20 Å². The van der Waals surface area contributed by atoms with Crippen molar-refractivity contribution >= 4 is 27.5 Å². The van der Waals surface area contributed by atoms with Crippen molar-refractivity contribution in [1.29, 1.82) is 0 Å². The van der Waals surface area contributed by atoms with E-state index in [4.69, 9.17) is 0 Å². The Hall–Kier alpha value is -1.75. The first kappa shape index (κ1) is 15.6. The molecule has 112 valence electrons. The Morgan fingerprint density at radius 3 is 2.76 bits per heavy atom. The number of hydrogen-bond acceptors (Lipinski definition) is 3. The summed E-state index contributed by atoms with van der Waals surface area (Å²) in [6.45, 7) is 6.25. The van der Waals surface area contributed by atoms with Gasteiger partial charge in [0.15, 0.2) is 5.16 Å². The second kappa shape index (κ2) is 6.80. The van der Waals surface area contributed by atoms with Crippen molar-refractivity contribution in [2.45, 2.75) is 25.9 Å². The van der Waals surface area contributed by atoms with E-state index in [2.05, 4.69) is 34.9 Å². The number of imidazole rings is 1. The number of fused-ring (bicyclic) bond motifs is 1. The lowest BCUT2D eigenvalue weighted by molar-refractivity contribution is 0.680. The van der Waals surface area contributed by atoms with Crippen molar-refractivity contribution in [3.8, 4) is 0 Å². The van der Waals surface area contributed by atoms with Crippen molar-refractivity contribution in [2.75, 3.05) is 12.8 Å². The Morgan fingerprint density at radius 1 is 1.43 bits per heavy atom. The SMILES string of the molecule is CN=C(CS(=O)c1nc2ccccc2[nH]1)/C(C)=C\C(C)C. The number of nitrogens with one attached hydrogen (secondary N) is 1. The predicted molar refractivity (Wildman–Crippen MR) is 89.3 cm³/mol. The molecule has 5 heteroatoms. The van der Waals surface area contributed by atoms with Gasteiger partial charge in [-0.2, -0.15) is 0 Å². The predicted octanol–water partition coefficient (Wildman–Crippen LogP) is 3.34. The molecule has 21 heavy (non-hydrogen) atoms. The van der Waals surface area contributed by atoms with Crippen LogP contribution < -0.4 is 0 Å². The highest BCUT2D eigenvalue weighted by atomic mass is 32.2. The van der Waals surface area contributed by atoms with Gasteiger partial charge < -0.3 is 4.98 Å². The molecule has 0 aliphatic carbocycles. The summed E-state index contributed by atoms with van der Waals surface area (Å²) in [7, 11) is 0.519. The molecule has 0 saturated carbocycles. The lowest BCUT2D eigenvalue weighted by atomic mass is 10.1. The highest BCUT2D eigenvalue weighted by Crippen LogP contribution is 2.14. The quantitative estimate of drug-likeness (QED) is 0.861. The number of hydrogen-bond donors (Lipinski definition) is 1. The molecular weight excluding hydrogens is 282 g/mol. The van der Waals surface area contributed by atoms with Crippen LogP contribution in [-0.2, 0) is 10.8 Å². The fourth-order valence-electron chi connectivity index (χ4n) is 2.18. The fraction of sp³-hybridized carbons (Fsp3) is 0.375. The van der Waals surface area contributed by atoms with Gasteiger partial charge in [-0.15, -0.1) is 0 Å². The summed E-state index contributed by atoms with van der Waals surface area (Å²) in [5.41, 5.74) is 3.69. The minimum atomic E-state index is -1.22. The molecule has 0 spiro atoms. The molecule has 0 aliphatic heterocycles. The maximum absolute atomic E-state index is 12.5. The van der Waals surface area contributed by atoms with Gasteiger partial charge in [0, 0.05) is 7.05 Å². The summed E-state index contributed by atoms with van der Waals surface area (Å²) in [6.07, 6.45) is 2.14. The highest BCUT2D eigenvalue weighted by Gasteiger charge is 2.13. The normalized spacial score (nSPS) is 14.9. The van der Waals surface area contributed by atoms with Crippen molar-refractivity contribution in [3.63, 3.8) is 0 Å². The van der Waals surface area contributed by atoms with E-state index in [0.717, 1.165) is 22.3 Å². The summed E-state index contributed by atoms with van der Waals surface area (Å²) in [5, 5.41) is 0.509. The first-order valence-corrected chi connectivity index (χ1v) is 8.30. The van der Waals surface area contributed by atoms with Crippen LogP contribution in [0, 0.1) is 5.92 Å². The van der Waals surface area contributed by atoms with Crippen LogP contribution in [0.15, 0.2) is 46.1 Å². The van der Waals surface area contributed by atoms with Crippen molar-refractivity contribution in [2.24, 2.45) is 10.9 Å². The monoisotopic (exact) mass is 303 g/mol. The molecule has 0 saturated heterocycles. The van der Waals surface area contributed by atoms with E-state index < -0.39 is 10.8 Å². The second-order valence-corrected chi connectivity index (χ2v) is 6.68. The van der Waals surface area contributed by atoms with E-state index in [1.54, 1.807) is 7.05 Å². The average molecular weight is 303 g/mol. The maximum Gasteiger partial charge on any atom is 0.197 e. The lowest BCUT2D eigenvalue weighted by Gasteiger charge is -2.06. The van der Waals surface area contributed by atoms with Gasteiger partial charge in [-0.05, 0) is 30.5 Å². The molecule has 1 atom stereocenters. The number of nitrogens with zero attached hydrogens (tertiary/aromatic N) is 2. The number of para-hydroxylation sites is 2. The van der Waals surface area contributed by atoms with E-state index in [1.807, 2.05) is 31.2 Å². The van der Waals surface area contributed by atoms with Crippen molar-refractivity contribution in [3.05, 3.63) is 35.9 Å². The maximum atomic E-state index is 12.5. The third-order valence-electron chi connectivity index (χ3n) is 3.16. The minimum Gasteiger partial charge on any atom is -0.331 e. The van der Waals surface area contributed by atoms with Gasteiger partial charge in [0.05, 0.1) is 33.3 Å². The second-order valence-electron chi connectivity index (χ2n) is 5.31. The first-order valence-electron chi connectivity index (χ1n) is 6.99. The highest BCUT2D eigenvalue weighted by molar-refractivity contribution is 7.85. The number of H-pyrrole nitrogens is 1. The molecule has 1 unspecified atom stereocenters. The number of allylic oxidation sites excluding steroid dienone is 2. The van der Waals surface area contributed by atoms with Gasteiger partial charge >= 0.3 is 0 Å². The molecule has 0 fully saturated rings. The van der Waals surface area contributed by atoms with Crippen LogP contribution in [0.25, 0.3) is 11.0 Å². The smallest absolute Gasteiger partial charge is 0.197 e. The summed E-state index contributed by atoms with van der Waals surface area (Å²) in [6, 6.07) is 7.69. The summed E-state index contributed by atoms with van der Waals surface area (Å²) in [5.74, 6) is 0.826. The van der Waals surface area contributed by atoms with Crippen LogP contribution in [0.1, 0.15) is 20.8 Å². The van der Waals surface area contributed by atoms with Gasteiger partial charge in [-0.25, -0.2) is 4.98 Å². The number of benzene rings is 1. The molecule has 1 aromatic heterocycles. The summed E-state index contributed by atoms with van der Waals surface area (Å²) in [4.78, 5) is 11.8. The number of rotatable bonds is 5. The molecule has 1 N–H and O–H groups in total. The molecule has 0 bridgehead atoms. The van der Waals surface area contributed by atoms with E-state index in [9.17, 15) is 4.21 Å². The standard InChI is InChI=1S/C16H21N3OS/c1-11(2)9-12(3)15(17-4)10-21(20)16-18-13-7-5-6-8-14(13)19-16/h5-9,11H,10H2,1-4H3,(H,18,19)/b12-9-,17-15?.